The molecule has 3 aromatic heterocycles. The molecule has 5 heteroatoms. The van der Waals surface area contributed by atoms with Crippen molar-refractivity contribution in [2.45, 2.75) is 19.8 Å². The normalized spacial score (nSPS) is 11.0. The van der Waals surface area contributed by atoms with Crippen molar-refractivity contribution in [1.29, 1.82) is 0 Å². The summed E-state index contributed by atoms with van der Waals surface area (Å²) in [5, 5.41) is 4.62. The van der Waals surface area contributed by atoms with Crippen LogP contribution in [0.15, 0.2) is 60.9 Å². The summed E-state index contributed by atoms with van der Waals surface area (Å²) in [5.74, 6) is 1.62. The van der Waals surface area contributed by atoms with Crippen LogP contribution in [-0.4, -0.2) is 21.5 Å². The van der Waals surface area contributed by atoms with E-state index in [4.69, 9.17) is 9.97 Å². The molecule has 0 bridgehead atoms. The van der Waals surface area contributed by atoms with E-state index >= 15 is 0 Å². The SMILES string of the molecule is CCc1cc2c(NCCc3ccccc3)nc(-c3cccnc3)nc2s1. The van der Waals surface area contributed by atoms with Crippen LogP contribution < -0.4 is 5.32 Å². The third-order valence-electron chi connectivity index (χ3n) is 4.26. The Morgan fingerprint density at radius 2 is 1.92 bits per heavy atom. The summed E-state index contributed by atoms with van der Waals surface area (Å²) in [7, 11) is 0. The second-order valence-corrected chi connectivity index (χ2v) is 7.20. The minimum Gasteiger partial charge on any atom is -0.369 e. The highest BCUT2D eigenvalue weighted by Crippen LogP contribution is 2.31. The minimum absolute atomic E-state index is 0.720. The first-order valence-electron chi connectivity index (χ1n) is 8.82. The van der Waals surface area contributed by atoms with E-state index in [9.17, 15) is 0 Å². The molecule has 0 aliphatic rings. The summed E-state index contributed by atoms with van der Waals surface area (Å²) in [6, 6.07) is 16.6. The number of nitrogens with zero attached hydrogens (tertiary/aromatic N) is 3. The molecule has 0 radical (unpaired) electrons. The van der Waals surface area contributed by atoms with Crippen molar-refractivity contribution in [2.75, 3.05) is 11.9 Å². The number of hydrogen-bond donors (Lipinski definition) is 1. The first-order chi connectivity index (χ1) is 12.8. The monoisotopic (exact) mass is 360 g/mol. The number of pyridine rings is 1. The highest BCUT2D eigenvalue weighted by atomic mass is 32.1. The van der Waals surface area contributed by atoms with Gasteiger partial charge in [0.2, 0.25) is 0 Å². The van der Waals surface area contributed by atoms with E-state index in [2.05, 4.69) is 47.6 Å². The smallest absolute Gasteiger partial charge is 0.164 e. The van der Waals surface area contributed by atoms with Crippen molar-refractivity contribution < 1.29 is 0 Å². The summed E-state index contributed by atoms with van der Waals surface area (Å²) >= 11 is 1.74. The molecule has 0 atom stereocenters. The molecule has 0 aliphatic heterocycles. The second kappa shape index (κ2) is 7.62. The van der Waals surface area contributed by atoms with Gasteiger partial charge in [-0.2, -0.15) is 0 Å². The van der Waals surface area contributed by atoms with Crippen molar-refractivity contribution in [3.63, 3.8) is 0 Å². The fourth-order valence-corrected chi connectivity index (χ4v) is 3.84. The van der Waals surface area contributed by atoms with Gasteiger partial charge in [-0.15, -0.1) is 11.3 Å². The number of rotatable bonds is 6. The van der Waals surface area contributed by atoms with Gasteiger partial charge in [0.15, 0.2) is 5.82 Å². The molecule has 1 aromatic carbocycles. The van der Waals surface area contributed by atoms with Crippen LogP contribution in [0.4, 0.5) is 5.82 Å². The van der Waals surface area contributed by atoms with Crippen LogP contribution in [0.3, 0.4) is 0 Å². The molecule has 4 nitrogen and oxygen atoms in total. The number of fused-ring (bicyclic) bond motifs is 1. The van der Waals surface area contributed by atoms with Gasteiger partial charge in [0.05, 0.1) is 5.39 Å². The van der Waals surface area contributed by atoms with Gasteiger partial charge in [-0.05, 0) is 36.6 Å². The van der Waals surface area contributed by atoms with E-state index in [1.165, 1.54) is 10.4 Å². The molecule has 0 aliphatic carbocycles. The molecule has 4 rings (SSSR count). The van der Waals surface area contributed by atoms with Crippen molar-refractivity contribution in [1.82, 2.24) is 15.0 Å². The van der Waals surface area contributed by atoms with Gasteiger partial charge in [0.1, 0.15) is 10.6 Å². The van der Waals surface area contributed by atoms with E-state index in [0.717, 1.165) is 46.8 Å². The Bertz CT molecular complexity index is 997. The molecular weight excluding hydrogens is 340 g/mol. The summed E-state index contributed by atoms with van der Waals surface area (Å²) < 4.78 is 0. The first kappa shape index (κ1) is 16.7. The Kier molecular flexibility index (Phi) is 4.88. The molecular formula is C21H20N4S. The second-order valence-electron chi connectivity index (χ2n) is 6.08. The Hall–Kier alpha value is -2.79. The Morgan fingerprint density at radius 1 is 1.04 bits per heavy atom. The van der Waals surface area contributed by atoms with Gasteiger partial charge >= 0.3 is 0 Å². The quantitative estimate of drug-likeness (QED) is 0.527. The van der Waals surface area contributed by atoms with E-state index < -0.39 is 0 Å². The molecule has 0 fully saturated rings. The average Bonchev–Trinajstić information content (AvgIpc) is 3.13. The maximum Gasteiger partial charge on any atom is 0.164 e. The van der Waals surface area contributed by atoms with Crippen LogP contribution in [0.25, 0.3) is 21.6 Å². The van der Waals surface area contributed by atoms with E-state index in [0.29, 0.717) is 0 Å². The number of hydrogen-bond acceptors (Lipinski definition) is 5. The van der Waals surface area contributed by atoms with E-state index in [-0.39, 0.29) is 0 Å². The Morgan fingerprint density at radius 3 is 2.69 bits per heavy atom. The van der Waals surface area contributed by atoms with Crippen LogP contribution in [0.2, 0.25) is 0 Å². The largest absolute Gasteiger partial charge is 0.369 e. The molecule has 3 heterocycles. The lowest BCUT2D eigenvalue weighted by atomic mass is 10.1. The number of anilines is 1. The lowest BCUT2D eigenvalue weighted by Gasteiger charge is -2.09. The van der Waals surface area contributed by atoms with Gasteiger partial charge in [0.25, 0.3) is 0 Å². The zero-order valence-electron chi connectivity index (χ0n) is 14.6. The van der Waals surface area contributed by atoms with Crippen LogP contribution in [0.5, 0.6) is 0 Å². The summed E-state index contributed by atoms with van der Waals surface area (Å²) in [6.45, 7) is 3.00. The molecule has 4 aromatic rings. The van der Waals surface area contributed by atoms with Crippen LogP contribution in [0, 0.1) is 0 Å². The number of aryl methyl sites for hydroxylation is 1. The molecule has 26 heavy (non-hydrogen) atoms. The van der Waals surface area contributed by atoms with Crippen LogP contribution >= 0.6 is 11.3 Å². The fourth-order valence-electron chi connectivity index (χ4n) is 2.87. The zero-order valence-corrected chi connectivity index (χ0v) is 15.5. The molecule has 0 spiro atoms. The summed E-state index contributed by atoms with van der Waals surface area (Å²) in [4.78, 5) is 16.1. The predicted octanol–water partition coefficient (Wildman–Crippen LogP) is 4.97. The third kappa shape index (κ3) is 3.58. The number of aromatic nitrogens is 3. The zero-order chi connectivity index (χ0) is 17.8. The Labute approximate surface area is 157 Å². The summed E-state index contributed by atoms with van der Waals surface area (Å²) in [6.07, 6.45) is 5.54. The highest BCUT2D eigenvalue weighted by molar-refractivity contribution is 7.18. The predicted molar refractivity (Wildman–Crippen MR) is 109 cm³/mol. The van der Waals surface area contributed by atoms with E-state index in [1.807, 2.05) is 24.4 Å². The van der Waals surface area contributed by atoms with Gasteiger partial charge in [-0.3, -0.25) is 4.98 Å². The van der Waals surface area contributed by atoms with Crippen LogP contribution in [-0.2, 0) is 12.8 Å². The van der Waals surface area contributed by atoms with Crippen molar-refractivity contribution in [2.24, 2.45) is 0 Å². The molecule has 0 amide bonds. The molecule has 130 valence electrons. The Balaban J connectivity index is 1.65. The fraction of sp³-hybridized carbons (Fsp3) is 0.190. The standard InChI is InChI=1S/C21H20N4S/c1-2-17-13-18-20(23-12-10-15-7-4-3-5-8-15)24-19(25-21(18)26-17)16-9-6-11-22-14-16/h3-9,11,13-14H,2,10,12H2,1H3,(H,23,24,25). The lowest BCUT2D eigenvalue weighted by Crippen LogP contribution is -2.07. The maximum absolute atomic E-state index is 4.79. The number of benzene rings is 1. The van der Waals surface area contributed by atoms with Gasteiger partial charge < -0.3 is 5.32 Å². The highest BCUT2D eigenvalue weighted by Gasteiger charge is 2.12. The van der Waals surface area contributed by atoms with Gasteiger partial charge in [0, 0.05) is 29.4 Å². The average molecular weight is 360 g/mol. The van der Waals surface area contributed by atoms with Crippen molar-refractivity contribution in [3.05, 3.63) is 71.4 Å². The minimum atomic E-state index is 0.720. The van der Waals surface area contributed by atoms with Crippen LogP contribution in [0.1, 0.15) is 17.4 Å². The topological polar surface area (TPSA) is 50.7 Å². The summed E-state index contributed by atoms with van der Waals surface area (Å²) in [5.41, 5.74) is 2.25. The molecule has 0 unspecified atom stereocenters. The molecule has 1 N–H and O–H groups in total. The lowest BCUT2D eigenvalue weighted by molar-refractivity contribution is 1.01. The van der Waals surface area contributed by atoms with Gasteiger partial charge in [-0.1, -0.05) is 37.3 Å². The molecule has 0 saturated carbocycles. The third-order valence-corrected chi connectivity index (χ3v) is 5.43. The maximum atomic E-state index is 4.79. The van der Waals surface area contributed by atoms with Gasteiger partial charge in [-0.25, -0.2) is 9.97 Å². The van der Waals surface area contributed by atoms with Crippen molar-refractivity contribution >= 4 is 27.4 Å². The first-order valence-corrected chi connectivity index (χ1v) is 9.64. The van der Waals surface area contributed by atoms with E-state index in [1.54, 1.807) is 17.5 Å². The van der Waals surface area contributed by atoms with Crippen molar-refractivity contribution in [3.8, 4) is 11.4 Å². The number of nitrogens with one attached hydrogen (secondary N) is 1. The number of thiophene rings is 1. The molecule has 0 saturated heterocycles.